The van der Waals surface area contributed by atoms with Gasteiger partial charge in [0.1, 0.15) is 0 Å². The van der Waals surface area contributed by atoms with Gasteiger partial charge in [-0.1, -0.05) is 6.07 Å². The van der Waals surface area contributed by atoms with Gasteiger partial charge in [-0.05, 0) is 24.6 Å². The molecule has 0 bridgehead atoms. The van der Waals surface area contributed by atoms with Crippen molar-refractivity contribution in [1.29, 1.82) is 0 Å². The normalized spacial score (nSPS) is 10.2. The lowest BCUT2D eigenvalue weighted by Gasteiger charge is -2.07. The number of anilines is 2. The van der Waals surface area contributed by atoms with E-state index < -0.39 is 0 Å². The van der Waals surface area contributed by atoms with Crippen LogP contribution in [-0.4, -0.2) is 16.1 Å². The number of nitrogens with two attached hydrogens (primary N) is 1. The van der Waals surface area contributed by atoms with Crippen LogP contribution in [0.5, 0.6) is 0 Å². The first kappa shape index (κ1) is 10.5. The molecule has 84 valence electrons. The molecule has 0 aliphatic rings. The van der Waals surface area contributed by atoms with E-state index in [1.54, 1.807) is 6.20 Å². The molecule has 0 radical (unpaired) electrons. The third kappa shape index (κ3) is 3.02. The first-order chi connectivity index (χ1) is 7.84. The van der Waals surface area contributed by atoms with E-state index in [1.165, 1.54) is 0 Å². The van der Waals surface area contributed by atoms with Gasteiger partial charge in [0.05, 0.1) is 6.33 Å². The van der Waals surface area contributed by atoms with Crippen molar-refractivity contribution in [3.05, 3.63) is 43.0 Å². The fourth-order valence-corrected chi connectivity index (χ4v) is 1.56. The second-order valence-corrected chi connectivity index (χ2v) is 3.71. The standard InChI is InChI=1S/C12H16N4/c13-11-3-1-4-12(9-11)15-5-2-7-16-8-6-14-10-16/h1,3-4,6,8-10,15H,2,5,7,13H2. The van der Waals surface area contributed by atoms with Gasteiger partial charge < -0.3 is 15.6 Å². The van der Waals surface area contributed by atoms with Gasteiger partial charge in [0.15, 0.2) is 0 Å². The van der Waals surface area contributed by atoms with Crippen LogP contribution in [0.15, 0.2) is 43.0 Å². The molecule has 3 N–H and O–H groups in total. The Balaban J connectivity index is 1.72. The Kier molecular flexibility index (Phi) is 3.43. The number of hydrogen-bond donors (Lipinski definition) is 2. The van der Waals surface area contributed by atoms with Gasteiger partial charge in [0.2, 0.25) is 0 Å². The second kappa shape index (κ2) is 5.21. The zero-order valence-electron chi connectivity index (χ0n) is 9.13. The van der Waals surface area contributed by atoms with Crippen LogP contribution in [0.25, 0.3) is 0 Å². The SMILES string of the molecule is Nc1cccc(NCCCn2ccnc2)c1. The number of nitrogen functional groups attached to an aromatic ring is 1. The van der Waals surface area contributed by atoms with E-state index in [4.69, 9.17) is 5.73 Å². The van der Waals surface area contributed by atoms with Crippen LogP contribution in [0.1, 0.15) is 6.42 Å². The smallest absolute Gasteiger partial charge is 0.0945 e. The van der Waals surface area contributed by atoms with Gasteiger partial charge in [0.25, 0.3) is 0 Å². The van der Waals surface area contributed by atoms with Crippen molar-refractivity contribution in [3.8, 4) is 0 Å². The minimum Gasteiger partial charge on any atom is -0.399 e. The maximum Gasteiger partial charge on any atom is 0.0945 e. The van der Waals surface area contributed by atoms with Crippen molar-refractivity contribution in [1.82, 2.24) is 9.55 Å². The van der Waals surface area contributed by atoms with Crippen molar-refractivity contribution in [2.24, 2.45) is 0 Å². The highest BCUT2D eigenvalue weighted by Gasteiger charge is 1.93. The summed E-state index contributed by atoms with van der Waals surface area (Å²) in [6.45, 7) is 1.91. The number of imidazole rings is 1. The van der Waals surface area contributed by atoms with Crippen LogP contribution in [0, 0.1) is 0 Å². The average molecular weight is 216 g/mol. The quantitative estimate of drug-likeness (QED) is 0.593. The Morgan fingerprint density at radius 2 is 2.31 bits per heavy atom. The van der Waals surface area contributed by atoms with E-state index in [0.29, 0.717) is 0 Å². The van der Waals surface area contributed by atoms with Crippen molar-refractivity contribution >= 4 is 11.4 Å². The summed E-state index contributed by atoms with van der Waals surface area (Å²) in [6.07, 6.45) is 6.66. The number of rotatable bonds is 5. The molecule has 0 unspecified atom stereocenters. The largest absolute Gasteiger partial charge is 0.399 e. The molecule has 2 rings (SSSR count). The van der Waals surface area contributed by atoms with Crippen LogP contribution >= 0.6 is 0 Å². The molecule has 4 nitrogen and oxygen atoms in total. The Morgan fingerprint density at radius 1 is 1.38 bits per heavy atom. The van der Waals surface area contributed by atoms with Crippen molar-refractivity contribution in [3.63, 3.8) is 0 Å². The summed E-state index contributed by atoms with van der Waals surface area (Å²) in [5, 5.41) is 3.33. The Bertz CT molecular complexity index is 422. The zero-order valence-corrected chi connectivity index (χ0v) is 9.13. The first-order valence-corrected chi connectivity index (χ1v) is 5.40. The summed E-state index contributed by atoms with van der Waals surface area (Å²) in [6, 6.07) is 7.80. The van der Waals surface area contributed by atoms with Gasteiger partial charge in [-0.15, -0.1) is 0 Å². The summed E-state index contributed by atoms with van der Waals surface area (Å²) < 4.78 is 2.07. The lowest BCUT2D eigenvalue weighted by atomic mass is 10.3. The predicted octanol–water partition coefficient (Wildman–Crippen LogP) is 1.97. The van der Waals surface area contributed by atoms with Crippen LogP contribution in [-0.2, 0) is 6.54 Å². The molecule has 16 heavy (non-hydrogen) atoms. The molecule has 2 aromatic rings. The molecule has 0 aliphatic carbocycles. The molecule has 0 aliphatic heterocycles. The molecule has 1 aromatic carbocycles. The van der Waals surface area contributed by atoms with E-state index in [9.17, 15) is 0 Å². The fraction of sp³-hybridized carbons (Fsp3) is 0.250. The summed E-state index contributed by atoms with van der Waals surface area (Å²) >= 11 is 0. The van der Waals surface area contributed by atoms with Crippen LogP contribution in [0.3, 0.4) is 0 Å². The summed E-state index contributed by atoms with van der Waals surface area (Å²) in [5.74, 6) is 0. The van der Waals surface area contributed by atoms with Gasteiger partial charge in [-0.3, -0.25) is 0 Å². The Hall–Kier alpha value is -1.97. The third-order valence-electron chi connectivity index (χ3n) is 2.37. The number of nitrogens with zero attached hydrogens (tertiary/aromatic N) is 2. The zero-order chi connectivity index (χ0) is 11.2. The van der Waals surface area contributed by atoms with Gasteiger partial charge >= 0.3 is 0 Å². The van der Waals surface area contributed by atoms with Gasteiger partial charge in [0, 0.05) is 36.9 Å². The topological polar surface area (TPSA) is 55.9 Å². The van der Waals surface area contributed by atoms with Crippen molar-refractivity contribution < 1.29 is 0 Å². The second-order valence-electron chi connectivity index (χ2n) is 3.71. The van der Waals surface area contributed by atoms with Crippen molar-refractivity contribution in [2.75, 3.05) is 17.6 Å². The van der Waals surface area contributed by atoms with Crippen LogP contribution < -0.4 is 11.1 Å². The van der Waals surface area contributed by atoms with Gasteiger partial charge in [-0.25, -0.2) is 4.98 Å². The Labute approximate surface area is 95.1 Å². The van der Waals surface area contributed by atoms with Crippen molar-refractivity contribution in [2.45, 2.75) is 13.0 Å². The molecular formula is C12H16N4. The monoisotopic (exact) mass is 216 g/mol. The fourth-order valence-electron chi connectivity index (χ4n) is 1.56. The molecule has 1 heterocycles. The van der Waals surface area contributed by atoms with E-state index in [0.717, 1.165) is 30.9 Å². The van der Waals surface area contributed by atoms with Crippen LogP contribution in [0.2, 0.25) is 0 Å². The molecule has 0 amide bonds. The molecule has 4 heteroatoms. The molecule has 0 fully saturated rings. The van der Waals surface area contributed by atoms with Gasteiger partial charge in [-0.2, -0.15) is 0 Å². The number of hydrogen-bond acceptors (Lipinski definition) is 3. The number of benzene rings is 1. The van der Waals surface area contributed by atoms with Crippen LogP contribution in [0.4, 0.5) is 11.4 Å². The number of nitrogens with one attached hydrogen (secondary N) is 1. The number of aromatic nitrogens is 2. The maximum atomic E-state index is 5.69. The van der Waals surface area contributed by atoms with E-state index in [1.807, 2.05) is 36.8 Å². The molecule has 0 atom stereocenters. The predicted molar refractivity (Wildman–Crippen MR) is 66.2 cm³/mol. The highest BCUT2D eigenvalue weighted by Crippen LogP contribution is 2.11. The minimum atomic E-state index is 0.791. The summed E-state index contributed by atoms with van der Waals surface area (Å²) in [4.78, 5) is 4.00. The molecular weight excluding hydrogens is 200 g/mol. The minimum absolute atomic E-state index is 0.791. The van der Waals surface area contributed by atoms with E-state index >= 15 is 0 Å². The summed E-state index contributed by atoms with van der Waals surface area (Å²) in [7, 11) is 0. The average Bonchev–Trinajstić information content (AvgIpc) is 2.77. The lowest BCUT2D eigenvalue weighted by molar-refractivity contribution is 0.661. The summed E-state index contributed by atoms with van der Waals surface area (Å²) in [5.41, 5.74) is 7.55. The highest BCUT2D eigenvalue weighted by molar-refractivity contribution is 5.53. The molecule has 1 aromatic heterocycles. The Morgan fingerprint density at radius 3 is 3.06 bits per heavy atom. The van der Waals surface area contributed by atoms with E-state index in [-0.39, 0.29) is 0 Å². The lowest BCUT2D eigenvalue weighted by Crippen LogP contribution is -2.05. The molecule has 0 saturated carbocycles. The molecule has 0 spiro atoms. The maximum absolute atomic E-state index is 5.69. The highest BCUT2D eigenvalue weighted by atomic mass is 15.0. The van der Waals surface area contributed by atoms with E-state index in [2.05, 4.69) is 14.9 Å². The first-order valence-electron chi connectivity index (χ1n) is 5.40. The third-order valence-corrected chi connectivity index (χ3v) is 2.37. The number of aryl methyl sites for hydroxylation is 1. The molecule has 0 saturated heterocycles.